The van der Waals surface area contributed by atoms with E-state index in [1.807, 2.05) is 47.9 Å². The number of benzene rings is 1. The lowest BCUT2D eigenvalue weighted by Gasteiger charge is -2.10. The molecule has 0 amide bonds. The van der Waals surface area contributed by atoms with E-state index in [0.29, 0.717) is 12.2 Å². The fourth-order valence-electron chi connectivity index (χ4n) is 1.83. The van der Waals surface area contributed by atoms with Crippen molar-refractivity contribution in [1.82, 2.24) is 4.57 Å². The maximum atomic E-state index is 11.6. The average molecular weight is 229 g/mol. The number of methoxy groups -OCH3 is 1. The Morgan fingerprint density at radius 2 is 1.88 bits per heavy atom. The van der Waals surface area contributed by atoms with Crippen LogP contribution in [0.3, 0.4) is 0 Å². The number of rotatable bonds is 3. The normalized spacial score (nSPS) is 10.2. The lowest BCUT2D eigenvalue weighted by Crippen LogP contribution is -2.12. The third-order valence-corrected chi connectivity index (χ3v) is 2.78. The fourth-order valence-corrected chi connectivity index (χ4v) is 1.83. The Morgan fingerprint density at radius 3 is 2.53 bits per heavy atom. The molecule has 0 aliphatic carbocycles. The molecule has 88 valence electrons. The van der Waals surface area contributed by atoms with Gasteiger partial charge in [-0.1, -0.05) is 30.3 Å². The van der Waals surface area contributed by atoms with Gasteiger partial charge in [-0.25, -0.2) is 4.79 Å². The Morgan fingerprint density at radius 1 is 1.18 bits per heavy atom. The van der Waals surface area contributed by atoms with Crippen molar-refractivity contribution in [2.24, 2.45) is 0 Å². The Bertz CT molecular complexity index is 514. The number of aromatic nitrogens is 1. The number of carbonyl (C=O) groups is 1. The summed E-state index contributed by atoms with van der Waals surface area (Å²) in [6.07, 6.45) is 0. The second-order valence-electron chi connectivity index (χ2n) is 3.92. The maximum absolute atomic E-state index is 11.6. The van der Waals surface area contributed by atoms with E-state index in [0.717, 1.165) is 11.3 Å². The number of ether oxygens (including phenoxy) is 1. The lowest BCUT2D eigenvalue weighted by atomic mass is 10.2. The first-order chi connectivity index (χ1) is 8.22. The van der Waals surface area contributed by atoms with Crippen LogP contribution < -0.4 is 0 Å². The third-order valence-electron chi connectivity index (χ3n) is 2.78. The molecule has 0 atom stereocenters. The Kier molecular flexibility index (Phi) is 3.28. The molecule has 2 aromatic rings. The molecule has 0 spiro atoms. The second kappa shape index (κ2) is 4.87. The van der Waals surface area contributed by atoms with Crippen LogP contribution in [0.25, 0.3) is 0 Å². The fraction of sp³-hybridized carbons (Fsp3) is 0.214. The molecule has 0 saturated carbocycles. The molecule has 3 nitrogen and oxygen atoms in total. The van der Waals surface area contributed by atoms with Crippen LogP contribution in [0, 0.1) is 6.92 Å². The van der Waals surface area contributed by atoms with Gasteiger partial charge in [-0.15, -0.1) is 0 Å². The van der Waals surface area contributed by atoms with E-state index in [4.69, 9.17) is 4.74 Å². The molecule has 0 unspecified atom stereocenters. The van der Waals surface area contributed by atoms with Gasteiger partial charge in [-0.05, 0) is 24.6 Å². The molecule has 0 radical (unpaired) electrons. The number of nitrogens with zero attached hydrogens (tertiary/aromatic N) is 1. The Labute approximate surface area is 101 Å². The van der Waals surface area contributed by atoms with Crippen molar-refractivity contribution in [3.05, 3.63) is 59.4 Å². The van der Waals surface area contributed by atoms with Gasteiger partial charge in [0.05, 0.1) is 7.11 Å². The number of aryl methyl sites for hydroxylation is 1. The van der Waals surface area contributed by atoms with E-state index in [2.05, 4.69) is 0 Å². The van der Waals surface area contributed by atoms with Crippen LogP contribution in [0.4, 0.5) is 0 Å². The minimum Gasteiger partial charge on any atom is -0.464 e. The molecule has 0 bridgehead atoms. The van der Waals surface area contributed by atoms with E-state index in [1.165, 1.54) is 7.11 Å². The molecular weight excluding hydrogens is 214 g/mol. The molecule has 0 N–H and O–H groups in total. The van der Waals surface area contributed by atoms with E-state index >= 15 is 0 Å². The molecule has 0 fully saturated rings. The van der Waals surface area contributed by atoms with Gasteiger partial charge < -0.3 is 9.30 Å². The second-order valence-corrected chi connectivity index (χ2v) is 3.92. The van der Waals surface area contributed by atoms with Crippen LogP contribution in [0.5, 0.6) is 0 Å². The molecule has 0 saturated heterocycles. The highest BCUT2D eigenvalue weighted by molar-refractivity contribution is 5.87. The Hall–Kier alpha value is -2.03. The topological polar surface area (TPSA) is 31.2 Å². The predicted octanol–water partition coefficient (Wildman–Crippen LogP) is 2.63. The van der Waals surface area contributed by atoms with Crippen molar-refractivity contribution in [3.8, 4) is 0 Å². The molecule has 0 aliphatic heterocycles. The standard InChI is InChI=1S/C14H15NO2/c1-11-8-9-13(14(16)17-2)15(11)10-12-6-4-3-5-7-12/h3-9H,10H2,1-2H3. The van der Waals surface area contributed by atoms with Gasteiger partial charge in [0, 0.05) is 12.2 Å². The first-order valence-corrected chi connectivity index (χ1v) is 5.50. The molecule has 3 heteroatoms. The Balaban J connectivity index is 2.32. The third kappa shape index (κ3) is 2.38. The van der Waals surface area contributed by atoms with E-state index in [1.54, 1.807) is 6.07 Å². The van der Waals surface area contributed by atoms with Crippen molar-refractivity contribution >= 4 is 5.97 Å². The van der Waals surface area contributed by atoms with Gasteiger partial charge in [0.1, 0.15) is 5.69 Å². The van der Waals surface area contributed by atoms with Crippen LogP contribution in [0.2, 0.25) is 0 Å². The highest BCUT2D eigenvalue weighted by Crippen LogP contribution is 2.13. The highest BCUT2D eigenvalue weighted by atomic mass is 16.5. The summed E-state index contributed by atoms with van der Waals surface area (Å²) in [5.74, 6) is -0.297. The van der Waals surface area contributed by atoms with Gasteiger partial charge in [-0.3, -0.25) is 0 Å². The summed E-state index contributed by atoms with van der Waals surface area (Å²) in [4.78, 5) is 11.6. The van der Waals surface area contributed by atoms with E-state index < -0.39 is 0 Å². The average Bonchev–Trinajstić information content (AvgIpc) is 2.72. The van der Waals surface area contributed by atoms with Crippen LogP contribution >= 0.6 is 0 Å². The first-order valence-electron chi connectivity index (χ1n) is 5.50. The van der Waals surface area contributed by atoms with Crippen LogP contribution in [-0.4, -0.2) is 17.6 Å². The van der Waals surface area contributed by atoms with Crippen LogP contribution in [0.1, 0.15) is 21.7 Å². The molecule has 17 heavy (non-hydrogen) atoms. The van der Waals surface area contributed by atoms with Crippen molar-refractivity contribution in [3.63, 3.8) is 0 Å². The van der Waals surface area contributed by atoms with Gasteiger partial charge >= 0.3 is 5.97 Å². The van der Waals surface area contributed by atoms with E-state index in [9.17, 15) is 4.79 Å². The molecule has 1 aromatic heterocycles. The highest BCUT2D eigenvalue weighted by Gasteiger charge is 2.13. The quantitative estimate of drug-likeness (QED) is 0.758. The number of hydrogen-bond acceptors (Lipinski definition) is 2. The maximum Gasteiger partial charge on any atom is 0.354 e. The van der Waals surface area contributed by atoms with Crippen LogP contribution in [0.15, 0.2) is 42.5 Å². The molecular formula is C14H15NO2. The summed E-state index contributed by atoms with van der Waals surface area (Å²) < 4.78 is 6.73. The zero-order valence-corrected chi connectivity index (χ0v) is 10.0. The van der Waals surface area contributed by atoms with Crippen molar-refractivity contribution in [2.75, 3.05) is 7.11 Å². The van der Waals surface area contributed by atoms with Gasteiger partial charge in [-0.2, -0.15) is 0 Å². The summed E-state index contributed by atoms with van der Waals surface area (Å²) in [7, 11) is 1.40. The largest absolute Gasteiger partial charge is 0.464 e. The summed E-state index contributed by atoms with van der Waals surface area (Å²) >= 11 is 0. The number of esters is 1. The number of hydrogen-bond donors (Lipinski definition) is 0. The number of carbonyl (C=O) groups excluding carboxylic acids is 1. The van der Waals surface area contributed by atoms with Gasteiger partial charge in [0.25, 0.3) is 0 Å². The SMILES string of the molecule is COC(=O)c1ccc(C)n1Cc1ccccc1. The molecule has 2 rings (SSSR count). The predicted molar refractivity (Wildman–Crippen MR) is 66.1 cm³/mol. The zero-order chi connectivity index (χ0) is 12.3. The van der Waals surface area contributed by atoms with Crippen molar-refractivity contribution < 1.29 is 9.53 Å². The summed E-state index contributed by atoms with van der Waals surface area (Å²) in [5.41, 5.74) is 2.81. The summed E-state index contributed by atoms with van der Waals surface area (Å²) in [5, 5.41) is 0. The van der Waals surface area contributed by atoms with Gasteiger partial charge in [0.2, 0.25) is 0 Å². The minimum absolute atomic E-state index is 0.297. The molecule has 1 aromatic carbocycles. The smallest absolute Gasteiger partial charge is 0.354 e. The lowest BCUT2D eigenvalue weighted by molar-refractivity contribution is 0.0588. The van der Waals surface area contributed by atoms with Crippen LogP contribution in [-0.2, 0) is 11.3 Å². The molecule has 1 heterocycles. The van der Waals surface area contributed by atoms with Gasteiger partial charge in [0.15, 0.2) is 0 Å². The van der Waals surface area contributed by atoms with Crippen molar-refractivity contribution in [1.29, 1.82) is 0 Å². The van der Waals surface area contributed by atoms with E-state index in [-0.39, 0.29) is 5.97 Å². The monoisotopic (exact) mass is 229 g/mol. The van der Waals surface area contributed by atoms with Crippen molar-refractivity contribution in [2.45, 2.75) is 13.5 Å². The molecule has 0 aliphatic rings. The summed E-state index contributed by atoms with van der Waals surface area (Å²) in [6, 6.07) is 13.8. The minimum atomic E-state index is -0.297. The summed E-state index contributed by atoms with van der Waals surface area (Å²) in [6.45, 7) is 2.67. The zero-order valence-electron chi connectivity index (χ0n) is 10.0. The first kappa shape index (κ1) is 11.5.